The first-order chi connectivity index (χ1) is 5.83. The number of rotatable bonds is 1. The second-order valence-electron chi connectivity index (χ2n) is 2.91. The first kappa shape index (κ1) is 10.3. The normalized spacial score (nSPS) is 14.8. The van der Waals surface area contributed by atoms with Crippen molar-refractivity contribution in [2.24, 2.45) is 0 Å². The SMILES string of the molecule is CCn1c(N)nc2c1CCOC2.Cl. The van der Waals surface area contributed by atoms with Gasteiger partial charge in [0.25, 0.3) is 0 Å². The van der Waals surface area contributed by atoms with Crippen molar-refractivity contribution in [3.05, 3.63) is 11.4 Å². The molecule has 4 nitrogen and oxygen atoms in total. The average Bonchev–Trinajstić information content (AvgIpc) is 2.40. The summed E-state index contributed by atoms with van der Waals surface area (Å²) in [7, 11) is 0. The molecule has 1 aliphatic rings. The fraction of sp³-hybridized carbons (Fsp3) is 0.625. The van der Waals surface area contributed by atoms with Crippen LogP contribution in [0.3, 0.4) is 0 Å². The molecule has 0 atom stereocenters. The van der Waals surface area contributed by atoms with E-state index in [4.69, 9.17) is 10.5 Å². The predicted molar refractivity (Wildman–Crippen MR) is 52.9 cm³/mol. The maximum Gasteiger partial charge on any atom is 0.200 e. The van der Waals surface area contributed by atoms with Gasteiger partial charge in [0.15, 0.2) is 0 Å². The van der Waals surface area contributed by atoms with Crippen LogP contribution < -0.4 is 5.73 Å². The molecule has 1 aliphatic heterocycles. The van der Waals surface area contributed by atoms with Gasteiger partial charge in [-0.15, -0.1) is 12.4 Å². The summed E-state index contributed by atoms with van der Waals surface area (Å²) in [6, 6.07) is 0. The number of aromatic nitrogens is 2. The Balaban J connectivity index is 0.000000845. The van der Waals surface area contributed by atoms with Crippen molar-refractivity contribution in [3.8, 4) is 0 Å². The predicted octanol–water partition coefficient (Wildman–Crippen LogP) is 0.980. The molecule has 0 saturated heterocycles. The van der Waals surface area contributed by atoms with Gasteiger partial charge in [0.2, 0.25) is 5.95 Å². The first-order valence-electron chi connectivity index (χ1n) is 4.24. The van der Waals surface area contributed by atoms with Crippen molar-refractivity contribution in [2.75, 3.05) is 12.3 Å². The van der Waals surface area contributed by atoms with Crippen molar-refractivity contribution in [1.29, 1.82) is 0 Å². The van der Waals surface area contributed by atoms with Crippen molar-refractivity contribution >= 4 is 18.4 Å². The third kappa shape index (κ3) is 1.64. The molecule has 0 aliphatic carbocycles. The molecule has 1 aromatic rings. The zero-order valence-electron chi connectivity index (χ0n) is 7.62. The zero-order valence-corrected chi connectivity index (χ0v) is 8.43. The van der Waals surface area contributed by atoms with Gasteiger partial charge in [-0.1, -0.05) is 0 Å². The summed E-state index contributed by atoms with van der Waals surface area (Å²) in [4.78, 5) is 4.24. The molecule has 13 heavy (non-hydrogen) atoms. The van der Waals surface area contributed by atoms with Crippen LogP contribution >= 0.6 is 12.4 Å². The van der Waals surface area contributed by atoms with Gasteiger partial charge in [0, 0.05) is 18.7 Å². The highest BCUT2D eigenvalue weighted by molar-refractivity contribution is 5.85. The Morgan fingerprint density at radius 2 is 2.38 bits per heavy atom. The Kier molecular flexibility index (Phi) is 3.17. The average molecular weight is 204 g/mol. The fourth-order valence-electron chi connectivity index (χ4n) is 1.64. The quantitative estimate of drug-likeness (QED) is 0.741. The lowest BCUT2D eigenvalue weighted by Crippen LogP contribution is -2.13. The summed E-state index contributed by atoms with van der Waals surface area (Å²) < 4.78 is 7.33. The highest BCUT2D eigenvalue weighted by atomic mass is 35.5. The minimum atomic E-state index is 0. The Bertz CT molecular complexity index is 298. The summed E-state index contributed by atoms with van der Waals surface area (Å²) in [6.45, 7) is 4.38. The van der Waals surface area contributed by atoms with Crippen molar-refractivity contribution < 1.29 is 4.74 Å². The molecule has 2 N–H and O–H groups in total. The molecular formula is C8H14ClN3O. The largest absolute Gasteiger partial charge is 0.375 e. The maximum atomic E-state index is 5.73. The number of nitrogen functional groups attached to an aromatic ring is 1. The van der Waals surface area contributed by atoms with Crippen molar-refractivity contribution in [2.45, 2.75) is 26.5 Å². The highest BCUT2D eigenvalue weighted by Crippen LogP contribution is 2.19. The van der Waals surface area contributed by atoms with Crippen LogP contribution in [0.5, 0.6) is 0 Å². The highest BCUT2D eigenvalue weighted by Gasteiger charge is 2.17. The number of hydrogen-bond acceptors (Lipinski definition) is 3. The molecule has 0 spiro atoms. The summed E-state index contributed by atoms with van der Waals surface area (Å²) in [5, 5.41) is 0. The lowest BCUT2D eigenvalue weighted by Gasteiger charge is -2.13. The molecular weight excluding hydrogens is 190 g/mol. The number of hydrogen-bond donors (Lipinski definition) is 1. The van der Waals surface area contributed by atoms with Crippen LogP contribution in [0.2, 0.25) is 0 Å². The van der Waals surface area contributed by atoms with Crippen LogP contribution in [0.1, 0.15) is 18.3 Å². The molecule has 0 saturated carbocycles. The molecule has 0 fully saturated rings. The van der Waals surface area contributed by atoms with E-state index in [1.54, 1.807) is 0 Å². The molecule has 0 bridgehead atoms. The molecule has 0 radical (unpaired) electrons. The zero-order chi connectivity index (χ0) is 8.55. The third-order valence-electron chi connectivity index (χ3n) is 2.22. The van der Waals surface area contributed by atoms with Crippen LogP contribution in [0.25, 0.3) is 0 Å². The molecule has 2 heterocycles. The minimum Gasteiger partial charge on any atom is -0.375 e. The second kappa shape index (κ2) is 3.98. The van der Waals surface area contributed by atoms with Crippen LogP contribution in [0.4, 0.5) is 5.95 Å². The first-order valence-corrected chi connectivity index (χ1v) is 4.24. The van der Waals surface area contributed by atoms with Gasteiger partial charge in [0.1, 0.15) is 0 Å². The number of anilines is 1. The summed E-state index contributed by atoms with van der Waals surface area (Å²) in [5.41, 5.74) is 7.99. The molecule has 0 unspecified atom stereocenters. The van der Waals surface area contributed by atoms with Gasteiger partial charge in [-0.05, 0) is 6.92 Å². The molecule has 0 aromatic carbocycles. The maximum absolute atomic E-state index is 5.73. The Labute approximate surface area is 83.5 Å². The van der Waals surface area contributed by atoms with Gasteiger partial charge in [-0.3, -0.25) is 0 Å². The van der Waals surface area contributed by atoms with Crippen molar-refractivity contribution in [1.82, 2.24) is 9.55 Å². The van der Waals surface area contributed by atoms with Gasteiger partial charge in [-0.25, -0.2) is 4.98 Å². The van der Waals surface area contributed by atoms with Crippen LogP contribution in [0, 0.1) is 0 Å². The molecule has 1 aromatic heterocycles. The van der Waals surface area contributed by atoms with E-state index in [-0.39, 0.29) is 12.4 Å². The van der Waals surface area contributed by atoms with E-state index in [0.29, 0.717) is 12.6 Å². The van der Waals surface area contributed by atoms with Crippen molar-refractivity contribution in [3.63, 3.8) is 0 Å². The van der Waals surface area contributed by atoms with Gasteiger partial charge in [0.05, 0.1) is 18.9 Å². The summed E-state index contributed by atoms with van der Waals surface area (Å²) >= 11 is 0. The van der Waals surface area contributed by atoms with Crippen LogP contribution in [-0.2, 0) is 24.3 Å². The lowest BCUT2D eigenvalue weighted by atomic mass is 10.2. The van der Waals surface area contributed by atoms with E-state index < -0.39 is 0 Å². The Hall–Kier alpha value is -0.740. The second-order valence-corrected chi connectivity index (χ2v) is 2.91. The fourth-order valence-corrected chi connectivity index (χ4v) is 1.64. The number of fused-ring (bicyclic) bond motifs is 1. The minimum absolute atomic E-state index is 0. The number of imidazole rings is 1. The van der Waals surface area contributed by atoms with Gasteiger partial charge >= 0.3 is 0 Å². The summed E-state index contributed by atoms with van der Waals surface area (Å²) in [6.07, 6.45) is 0.938. The Morgan fingerprint density at radius 3 is 3.08 bits per heavy atom. The smallest absolute Gasteiger partial charge is 0.200 e. The van der Waals surface area contributed by atoms with E-state index in [0.717, 1.165) is 25.3 Å². The molecule has 0 amide bonds. The van der Waals surface area contributed by atoms with E-state index in [2.05, 4.69) is 16.5 Å². The molecule has 2 rings (SSSR count). The van der Waals surface area contributed by atoms with E-state index in [9.17, 15) is 0 Å². The van der Waals surface area contributed by atoms with Crippen LogP contribution in [0.15, 0.2) is 0 Å². The van der Waals surface area contributed by atoms with Gasteiger partial charge < -0.3 is 15.0 Å². The topological polar surface area (TPSA) is 53.1 Å². The number of halogens is 1. The molecule has 74 valence electrons. The standard InChI is InChI=1S/C8H13N3O.ClH/c1-2-11-7-3-4-12-5-6(7)10-8(11)9;/h2-5H2,1H3,(H2,9,10);1H. The third-order valence-corrected chi connectivity index (χ3v) is 2.22. The molecule has 5 heteroatoms. The monoisotopic (exact) mass is 203 g/mol. The number of nitrogens with two attached hydrogens (primary N) is 1. The van der Waals surface area contributed by atoms with Crippen LogP contribution in [-0.4, -0.2) is 16.2 Å². The Morgan fingerprint density at radius 1 is 1.62 bits per heavy atom. The lowest BCUT2D eigenvalue weighted by molar-refractivity contribution is 0.106. The van der Waals surface area contributed by atoms with E-state index in [1.807, 2.05) is 0 Å². The van der Waals surface area contributed by atoms with E-state index in [1.165, 1.54) is 5.69 Å². The number of nitrogens with zero attached hydrogens (tertiary/aromatic N) is 2. The van der Waals surface area contributed by atoms with Gasteiger partial charge in [-0.2, -0.15) is 0 Å². The van der Waals surface area contributed by atoms with E-state index >= 15 is 0 Å². The summed E-state index contributed by atoms with van der Waals surface area (Å²) in [5.74, 6) is 0.619. The number of ether oxygens (including phenoxy) is 1.